The van der Waals surface area contributed by atoms with Crippen molar-refractivity contribution in [3.63, 3.8) is 0 Å². The molecule has 0 atom stereocenters. The molecule has 0 spiro atoms. The van der Waals surface area contributed by atoms with E-state index >= 15 is 0 Å². The van der Waals surface area contributed by atoms with Crippen LogP contribution in [0.4, 0.5) is 0 Å². The van der Waals surface area contributed by atoms with Gasteiger partial charge in [0.15, 0.2) is 0 Å². The average molecular weight is 204 g/mol. The van der Waals surface area contributed by atoms with Crippen molar-refractivity contribution in [2.45, 2.75) is 13.8 Å². The third kappa shape index (κ3) is 5.22. The van der Waals surface area contributed by atoms with Crippen LogP contribution in [0.5, 0.6) is 0 Å². The largest absolute Gasteiger partial charge is 0.358 e. The molecule has 0 heterocycles. The van der Waals surface area contributed by atoms with Crippen LogP contribution in [0.2, 0.25) is 0 Å². The fourth-order valence-corrected chi connectivity index (χ4v) is 1.04. The normalized spacial score (nSPS) is 7.89. The van der Waals surface area contributed by atoms with E-state index in [-0.39, 0.29) is 17.1 Å². The molecule has 0 aromatic rings. The van der Waals surface area contributed by atoms with Gasteiger partial charge in [0.25, 0.3) is 0 Å². The molecule has 0 saturated heterocycles. The van der Waals surface area contributed by atoms with Gasteiger partial charge in [-0.15, -0.1) is 12.6 Å². The monoisotopic (exact) mass is 204 g/mol. The fourth-order valence-electron chi connectivity index (χ4n) is 0.494. The molecule has 0 aliphatic heterocycles. The summed E-state index contributed by atoms with van der Waals surface area (Å²) < 4.78 is 0.690. The molecule has 9 heavy (non-hydrogen) atoms. The van der Waals surface area contributed by atoms with Crippen LogP contribution >= 0.6 is 24.8 Å². The average Bonchev–Trinajstić information content (AvgIpc) is 1.69. The van der Waals surface area contributed by atoms with Crippen molar-refractivity contribution in [2.75, 3.05) is 13.1 Å². The van der Waals surface area contributed by atoms with Crippen LogP contribution in [0.3, 0.4) is 0 Å². The predicted molar refractivity (Wildman–Crippen MR) is 44.5 cm³/mol. The molecule has 0 N–H and O–H groups in total. The smallest absolute Gasteiger partial charge is 0.133 e. The summed E-state index contributed by atoms with van der Waals surface area (Å²) in [5.74, 6) is 0. The van der Waals surface area contributed by atoms with Crippen molar-refractivity contribution in [2.24, 2.45) is 0 Å². The minimum absolute atomic E-state index is 0. The van der Waals surface area contributed by atoms with E-state index in [4.69, 9.17) is 12.2 Å². The summed E-state index contributed by atoms with van der Waals surface area (Å²) in [7, 11) is 0. The summed E-state index contributed by atoms with van der Waals surface area (Å²) in [4.78, 5) is 2.01. The van der Waals surface area contributed by atoms with Crippen molar-refractivity contribution in [1.82, 2.24) is 4.90 Å². The van der Waals surface area contributed by atoms with E-state index in [9.17, 15) is 0 Å². The number of thiol groups is 1. The fraction of sp³-hybridized carbons (Fsp3) is 0.800. The quantitative estimate of drug-likeness (QED) is 0.413. The molecular weight excluding hydrogens is 193 g/mol. The first-order valence-corrected chi connectivity index (χ1v) is 3.55. The first-order chi connectivity index (χ1) is 3.72. The van der Waals surface area contributed by atoms with E-state index in [1.807, 2.05) is 4.90 Å². The van der Waals surface area contributed by atoms with Crippen LogP contribution in [0, 0.1) is 0 Å². The number of hydrogen-bond donors (Lipinski definition) is 1. The van der Waals surface area contributed by atoms with Gasteiger partial charge < -0.3 is 4.90 Å². The topological polar surface area (TPSA) is 3.24 Å². The predicted octanol–water partition coefficient (Wildman–Crippen LogP) is 1.54. The Kier molecular flexibility index (Phi) is 9.50. The molecule has 1 nitrogen and oxygen atoms in total. The maximum atomic E-state index is 4.81. The molecule has 0 aliphatic rings. The van der Waals surface area contributed by atoms with Gasteiger partial charge in [0, 0.05) is 30.2 Å². The second kappa shape index (κ2) is 6.87. The van der Waals surface area contributed by atoms with Crippen molar-refractivity contribution < 1.29 is 17.1 Å². The molecule has 0 rings (SSSR count). The van der Waals surface area contributed by atoms with Crippen molar-refractivity contribution >= 4 is 29.2 Å². The maximum Gasteiger partial charge on any atom is 0.133 e. The minimum atomic E-state index is 0. The van der Waals surface area contributed by atoms with Crippen LogP contribution in [0.15, 0.2) is 0 Å². The second-order valence-corrected chi connectivity index (χ2v) is 2.57. The number of rotatable bonds is 2. The molecule has 0 saturated carbocycles. The molecule has 0 aromatic heterocycles. The third-order valence-electron chi connectivity index (χ3n) is 1.03. The SMILES string of the molecule is CCN(CC)C(=S)S.[Mn]. The Bertz CT molecular complexity index is 83.0. The van der Waals surface area contributed by atoms with Crippen molar-refractivity contribution in [3.05, 3.63) is 0 Å². The van der Waals surface area contributed by atoms with E-state index in [1.54, 1.807) is 0 Å². The van der Waals surface area contributed by atoms with Gasteiger partial charge in [0.05, 0.1) is 0 Å². The van der Waals surface area contributed by atoms with Crippen molar-refractivity contribution in [3.8, 4) is 0 Å². The van der Waals surface area contributed by atoms with Crippen molar-refractivity contribution in [1.29, 1.82) is 0 Å². The van der Waals surface area contributed by atoms with E-state index in [2.05, 4.69) is 26.5 Å². The Morgan fingerprint density at radius 3 is 1.78 bits per heavy atom. The Morgan fingerprint density at radius 1 is 1.44 bits per heavy atom. The summed E-state index contributed by atoms with van der Waals surface area (Å²) >= 11 is 8.82. The van der Waals surface area contributed by atoms with Gasteiger partial charge >= 0.3 is 0 Å². The van der Waals surface area contributed by atoms with Crippen LogP contribution in [-0.4, -0.2) is 22.3 Å². The summed E-state index contributed by atoms with van der Waals surface area (Å²) in [5, 5.41) is 0. The van der Waals surface area contributed by atoms with Crippen LogP contribution in [-0.2, 0) is 17.1 Å². The molecule has 1 radical (unpaired) electrons. The first kappa shape index (κ1) is 12.4. The zero-order valence-electron chi connectivity index (χ0n) is 5.59. The molecule has 0 amide bonds. The van der Waals surface area contributed by atoms with Gasteiger partial charge in [-0.05, 0) is 13.8 Å². The number of thiocarbonyl (C=S) groups is 1. The van der Waals surface area contributed by atoms with Crippen LogP contribution in [0.1, 0.15) is 13.8 Å². The number of hydrogen-bond acceptors (Lipinski definition) is 1. The summed E-state index contributed by atoms with van der Waals surface area (Å²) in [6, 6.07) is 0. The zero-order valence-corrected chi connectivity index (χ0v) is 8.49. The minimum Gasteiger partial charge on any atom is -0.358 e. The second-order valence-electron chi connectivity index (χ2n) is 1.45. The Hall–Kier alpha value is 0.759. The van der Waals surface area contributed by atoms with E-state index < -0.39 is 0 Å². The third-order valence-corrected chi connectivity index (χ3v) is 1.58. The summed E-state index contributed by atoms with van der Waals surface area (Å²) in [6.45, 7) is 6.04. The zero-order chi connectivity index (χ0) is 6.57. The van der Waals surface area contributed by atoms with Crippen LogP contribution in [0.25, 0.3) is 0 Å². The molecule has 0 aromatic carbocycles. The molecule has 55 valence electrons. The van der Waals surface area contributed by atoms with Gasteiger partial charge in [0.2, 0.25) is 0 Å². The Morgan fingerprint density at radius 2 is 1.78 bits per heavy atom. The van der Waals surface area contributed by atoms with Crippen LogP contribution < -0.4 is 0 Å². The summed E-state index contributed by atoms with van der Waals surface area (Å²) in [6.07, 6.45) is 0. The molecule has 0 unspecified atom stereocenters. The molecule has 0 fully saturated rings. The van der Waals surface area contributed by atoms with Gasteiger partial charge in [-0.2, -0.15) is 0 Å². The van der Waals surface area contributed by atoms with Gasteiger partial charge in [-0.3, -0.25) is 0 Å². The molecular formula is C5H11MnNS2. The standard InChI is InChI=1S/C5H11NS2.Mn/c1-3-6(4-2)5(7)8;/h3-4H2,1-2H3,(H,7,8);. The van der Waals surface area contributed by atoms with Gasteiger partial charge in [-0.25, -0.2) is 0 Å². The summed E-state index contributed by atoms with van der Waals surface area (Å²) in [5.41, 5.74) is 0. The molecule has 4 heteroatoms. The van der Waals surface area contributed by atoms with Gasteiger partial charge in [0.1, 0.15) is 4.32 Å². The van der Waals surface area contributed by atoms with Gasteiger partial charge in [-0.1, -0.05) is 12.2 Å². The molecule has 0 aliphatic carbocycles. The van der Waals surface area contributed by atoms with E-state index in [0.717, 1.165) is 13.1 Å². The van der Waals surface area contributed by atoms with E-state index in [0.29, 0.717) is 4.32 Å². The Labute approximate surface area is 78.1 Å². The molecule has 0 bridgehead atoms. The Balaban J connectivity index is 0. The maximum absolute atomic E-state index is 4.81. The van der Waals surface area contributed by atoms with E-state index in [1.165, 1.54) is 0 Å². The number of nitrogens with zero attached hydrogens (tertiary/aromatic N) is 1. The first-order valence-electron chi connectivity index (χ1n) is 2.70.